The standard InChI is InChI=1S/C19H18F2N2O4/c1-10(11-4-2-5-12(8-11)27-19(20)21)22-17(25)14-9-13-15(23-18(14)26)6-3-7-16(13)24/h2,4-5,8-10,19H,3,6-7H2,1H3,(H,22,25)(H,23,26). The van der Waals surface area contributed by atoms with Crippen molar-refractivity contribution >= 4 is 11.7 Å². The molecule has 0 bridgehead atoms. The van der Waals surface area contributed by atoms with Crippen molar-refractivity contribution in [3.05, 3.63) is 63.1 Å². The number of alkyl halides is 2. The number of pyridine rings is 1. The summed E-state index contributed by atoms with van der Waals surface area (Å²) < 4.78 is 29.0. The fourth-order valence-corrected chi connectivity index (χ4v) is 3.06. The van der Waals surface area contributed by atoms with Crippen LogP contribution < -0.4 is 15.6 Å². The maximum Gasteiger partial charge on any atom is 0.387 e. The summed E-state index contributed by atoms with van der Waals surface area (Å²) in [7, 11) is 0. The van der Waals surface area contributed by atoms with E-state index in [-0.39, 0.29) is 17.1 Å². The number of benzene rings is 1. The minimum absolute atomic E-state index is 0.0270. The molecule has 1 aliphatic carbocycles. The second kappa shape index (κ2) is 7.69. The molecule has 142 valence electrons. The highest BCUT2D eigenvalue weighted by atomic mass is 19.3. The number of H-pyrrole nitrogens is 1. The molecule has 3 rings (SSSR count). The Labute approximate surface area is 153 Å². The molecule has 1 aromatic heterocycles. The number of aryl methyl sites for hydroxylation is 1. The van der Waals surface area contributed by atoms with Crippen LogP contribution in [0.25, 0.3) is 0 Å². The molecule has 1 atom stereocenters. The molecule has 0 aliphatic heterocycles. The van der Waals surface area contributed by atoms with E-state index in [1.165, 1.54) is 24.3 Å². The molecule has 2 N–H and O–H groups in total. The SMILES string of the molecule is CC(NC(=O)c1cc2c([nH]c1=O)CCCC2=O)c1cccc(OC(F)F)c1. The van der Waals surface area contributed by atoms with Crippen LogP contribution in [0.5, 0.6) is 5.75 Å². The van der Waals surface area contributed by atoms with Crippen LogP contribution in [0, 0.1) is 0 Å². The smallest absolute Gasteiger partial charge is 0.387 e. The van der Waals surface area contributed by atoms with Gasteiger partial charge >= 0.3 is 6.61 Å². The first-order valence-corrected chi connectivity index (χ1v) is 8.50. The highest BCUT2D eigenvalue weighted by molar-refractivity contribution is 6.01. The van der Waals surface area contributed by atoms with Crippen molar-refractivity contribution in [3.63, 3.8) is 0 Å². The molecule has 1 aromatic carbocycles. The van der Waals surface area contributed by atoms with Gasteiger partial charge in [0.05, 0.1) is 6.04 Å². The van der Waals surface area contributed by atoms with Crippen molar-refractivity contribution < 1.29 is 23.1 Å². The van der Waals surface area contributed by atoms with Gasteiger partial charge in [0.1, 0.15) is 11.3 Å². The molecule has 0 radical (unpaired) electrons. The third-order valence-corrected chi connectivity index (χ3v) is 4.43. The Kier molecular flexibility index (Phi) is 5.34. The topological polar surface area (TPSA) is 88.3 Å². The van der Waals surface area contributed by atoms with Gasteiger partial charge in [-0.15, -0.1) is 0 Å². The Morgan fingerprint density at radius 1 is 1.22 bits per heavy atom. The van der Waals surface area contributed by atoms with E-state index >= 15 is 0 Å². The molecule has 0 saturated heterocycles. The van der Waals surface area contributed by atoms with Gasteiger partial charge in [-0.25, -0.2) is 0 Å². The average Bonchev–Trinajstić information content (AvgIpc) is 2.61. The van der Waals surface area contributed by atoms with E-state index in [0.717, 1.165) is 0 Å². The fraction of sp³-hybridized carbons (Fsp3) is 0.316. The van der Waals surface area contributed by atoms with E-state index in [1.54, 1.807) is 13.0 Å². The van der Waals surface area contributed by atoms with E-state index in [0.29, 0.717) is 36.1 Å². The molecule has 6 nitrogen and oxygen atoms in total. The largest absolute Gasteiger partial charge is 0.435 e. The first-order chi connectivity index (χ1) is 12.8. The molecule has 0 spiro atoms. The van der Waals surface area contributed by atoms with E-state index in [4.69, 9.17) is 0 Å². The summed E-state index contributed by atoms with van der Waals surface area (Å²) in [6.45, 7) is -1.30. The highest BCUT2D eigenvalue weighted by Crippen LogP contribution is 2.22. The number of ketones is 1. The molecule has 1 unspecified atom stereocenters. The van der Waals surface area contributed by atoms with Gasteiger partial charge in [0.2, 0.25) is 0 Å². The van der Waals surface area contributed by atoms with Crippen molar-refractivity contribution in [2.45, 2.75) is 38.8 Å². The van der Waals surface area contributed by atoms with Crippen LogP contribution in [0.15, 0.2) is 35.1 Å². The zero-order chi connectivity index (χ0) is 19.6. The lowest BCUT2D eigenvalue weighted by atomic mass is 9.93. The van der Waals surface area contributed by atoms with Gasteiger partial charge in [-0.05, 0) is 43.5 Å². The number of aromatic amines is 1. The Hall–Kier alpha value is -3.03. The molecule has 27 heavy (non-hydrogen) atoms. The number of ether oxygens (including phenoxy) is 1. The summed E-state index contributed by atoms with van der Waals surface area (Å²) in [6, 6.07) is 6.70. The molecule has 0 saturated carbocycles. The second-order valence-corrected chi connectivity index (χ2v) is 6.33. The van der Waals surface area contributed by atoms with Gasteiger partial charge < -0.3 is 15.0 Å². The van der Waals surface area contributed by atoms with Gasteiger partial charge in [-0.3, -0.25) is 14.4 Å². The monoisotopic (exact) mass is 376 g/mol. The van der Waals surface area contributed by atoms with Gasteiger partial charge in [-0.1, -0.05) is 12.1 Å². The highest BCUT2D eigenvalue weighted by Gasteiger charge is 2.23. The number of nitrogens with one attached hydrogen (secondary N) is 2. The summed E-state index contributed by atoms with van der Waals surface area (Å²) in [4.78, 5) is 39.3. The molecule has 1 aliphatic rings. The molecule has 8 heteroatoms. The first-order valence-electron chi connectivity index (χ1n) is 8.50. The van der Waals surface area contributed by atoms with E-state index in [2.05, 4.69) is 15.0 Å². The van der Waals surface area contributed by atoms with E-state index in [1.807, 2.05) is 0 Å². The maximum atomic E-state index is 12.5. The van der Waals surface area contributed by atoms with E-state index in [9.17, 15) is 23.2 Å². The van der Waals surface area contributed by atoms with Crippen molar-refractivity contribution in [1.29, 1.82) is 0 Å². The number of aromatic nitrogens is 1. The van der Waals surface area contributed by atoms with Crippen LogP contribution in [-0.4, -0.2) is 23.3 Å². The summed E-state index contributed by atoms with van der Waals surface area (Å²) in [5.74, 6) is -0.780. The first kappa shape index (κ1) is 18.8. The van der Waals surface area contributed by atoms with Gasteiger partial charge in [0, 0.05) is 17.7 Å². The van der Waals surface area contributed by atoms with Crippen molar-refractivity contribution in [2.75, 3.05) is 0 Å². The number of rotatable bonds is 5. The Morgan fingerprint density at radius 3 is 2.74 bits per heavy atom. The predicted octanol–water partition coefficient (Wildman–Crippen LogP) is 2.99. The van der Waals surface area contributed by atoms with Crippen molar-refractivity contribution in [1.82, 2.24) is 10.3 Å². The van der Waals surface area contributed by atoms with Crippen molar-refractivity contribution in [2.24, 2.45) is 0 Å². The van der Waals surface area contributed by atoms with Crippen LogP contribution in [-0.2, 0) is 6.42 Å². The number of hydrogen-bond acceptors (Lipinski definition) is 4. The predicted molar refractivity (Wildman–Crippen MR) is 93.3 cm³/mol. The molecule has 1 heterocycles. The van der Waals surface area contributed by atoms with Crippen LogP contribution in [0.1, 0.15) is 57.8 Å². The second-order valence-electron chi connectivity index (χ2n) is 6.33. The number of halogens is 2. The van der Waals surface area contributed by atoms with E-state index < -0.39 is 24.1 Å². The van der Waals surface area contributed by atoms with Gasteiger partial charge in [0.15, 0.2) is 5.78 Å². The summed E-state index contributed by atoms with van der Waals surface area (Å²) in [6.07, 6.45) is 1.64. The molecular weight excluding hydrogens is 358 g/mol. The van der Waals surface area contributed by atoms with Gasteiger partial charge in [0.25, 0.3) is 11.5 Å². The van der Waals surface area contributed by atoms with Crippen LogP contribution in [0.4, 0.5) is 8.78 Å². The van der Waals surface area contributed by atoms with Crippen LogP contribution in [0.3, 0.4) is 0 Å². The number of amides is 1. The Morgan fingerprint density at radius 2 is 2.00 bits per heavy atom. The van der Waals surface area contributed by atoms with Crippen LogP contribution >= 0.6 is 0 Å². The zero-order valence-corrected chi connectivity index (χ0v) is 14.6. The number of carbonyl (C=O) groups excluding carboxylic acids is 2. The Bertz CT molecular complexity index is 940. The third kappa shape index (κ3) is 4.21. The molecule has 1 amide bonds. The Balaban J connectivity index is 1.80. The maximum absolute atomic E-state index is 12.5. The summed E-state index contributed by atoms with van der Waals surface area (Å²) in [5, 5.41) is 2.64. The van der Waals surface area contributed by atoms with Gasteiger partial charge in [-0.2, -0.15) is 8.78 Å². The number of Topliss-reactive ketones (excluding diaryl/α,β-unsaturated/α-hetero) is 1. The summed E-state index contributed by atoms with van der Waals surface area (Å²) >= 11 is 0. The molecule has 2 aromatic rings. The lowest BCUT2D eigenvalue weighted by Gasteiger charge is -2.17. The third-order valence-electron chi connectivity index (χ3n) is 4.43. The number of carbonyl (C=O) groups is 2. The molecular formula is C19H18F2N2O4. The number of fused-ring (bicyclic) bond motifs is 1. The fourth-order valence-electron chi connectivity index (χ4n) is 3.06. The quantitative estimate of drug-likeness (QED) is 0.840. The lowest BCUT2D eigenvalue weighted by molar-refractivity contribution is -0.0499. The average molecular weight is 376 g/mol. The lowest BCUT2D eigenvalue weighted by Crippen LogP contribution is -2.33. The molecule has 0 fully saturated rings. The summed E-state index contributed by atoms with van der Waals surface area (Å²) in [5.41, 5.74) is 0.731. The minimum Gasteiger partial charge on any atom is -0.435 e. The zero-order valence-electron chi connectivity index (χ0n) is 14.6. The number of hydrogen-bond donors (Lipinski definition) is 2. The minimum atomic E-state index is -2.95. The normalized spacial score (nSPS) is 14.6. The van der Waals surface area contributed by atoms with Crippen molar-refractivity contribution in [3.8, 4) is 5.75 Å². The van der Waals surface area contributed by atoms with Crippen LogP contribution in [0.2, 0.25) is 0 Å².